The molecule has 1 aromatic heterocycles. The molecular weight excluding hydrogens is 451 g/mol. The van der Waals surface area contributed by atoms with Crippen molar-refractivity contribution in [3.8, 4) is 11.3 Å². The maximum Gasteiger partial charge on any atom is 0.417 e. The van der Waals surface area contributed by atoms with E-state index in [1.165, 1.54) is 36.4 Å². The Labute approximate surface area is 184 Å². The number of benzene rings is 2. The minimum atomic E-state index is -4.53. The van der Waals surface area contributed by atoms with Crippen molar-refractivity contribution in [2.75, 3.05) is 0 Å². The first-order valence-corrected chi connectivity index (χ1v) is 10.2. The van der Waals surface area contributed by atoms with Gasteiger partial charge in [0.2, 0.25) is 0 Å². The van der Waals surface area contributed by atoms with Crippen molar-refractivity contribution < 1.29 is 27.2 Å². The number of halogens is 4. The Bertz CT molecular complexity index is 1190. The van der Waals surface area contributed by atoms with Crippen molar-refractivity contribution in [1.82, 2.24) is 4.90 Å². The van der Waals surface area contributed by atoms with Crippen molar-refractivity contribution >= 4 is 40.6 Å². The standard InChI is InChI=1S/C22H13ClF3NO3S/c23-14-7-5-13(6-8-14)12-27-20(28)19(31-21(27)29)11-15-9-10-18(30-15)16-3-1-2-4-17(16)22(24,25)26/h1-11H,12H2/b19-11+. The average Bonchev–Trinajstić information content (AvgIpc) is 3.29. The maximum atomic E-state index is 13.3. The molecule has 9 heteroatoms. The summed E-state index contributed by atoms with van der Waals surface area (Å²) in [5.41, 5.74) is -0.193. The van der Waals surface area contributed by atoms with Gasteiger partial charge in [-0.25, -0.2) is 0 Å². The molecular formula is C22H13ClF3NO3S. The SMILES string of the molecule is O=C1S/C(=C/c2ccc(-c3ccccc3C(F)(F)F)o2)C(=O)N1Cc1ccc(Cl)cc1. The number of hydrogen-bond acceptors (Lipinski definition) is 4. The molecule has 2 heterocycles. The highest BCUT2D eigenvalue weighted by molar-refractivity contribution is 8.18. The molecule has 0 N–H and O–H groups in total. The van der Waals surface area contributed by atoms with Crippen LogP contribution in [0.2, 0.25) is 5.02 Å². The summed E-state index contributed by atoms with van der Waals surface area (Å²) in [6.07, 6.45) is -3.18. The number of thioether (sulfide) groups is 1. The Morgan fingerprint density at radius 1 is 1.00 bits per heavy atom. The van der Waals surface area contributed by atoms with E-state index in [1.807, 2.05) is 0 Å². The fourth-order valence-electron chi connectivity index (χ4n) is 3.06. The first-order valence-electron chi connectivity index (χ1n) is 8.98. The van der Waals surface area contributed by atoms with E-state index in [4.69, 9.17) is 16.0 Å². The molecule has 0 bridgehead atoms. The molecule has 2 aromatic carbocycles. The van der Waals surface area contributed by atoms with Crippen molar-refractivity contribution in [1.29, 1.82) is 0 Å². The van der Waals surface area contributed by atoms with E-state index in [0.717, 1.165) is 28.3 Å². The van der Waals surface area contributed by atoms with Gasteiger partial charge < -0.3 is 4.42 Å². The van der Waals surface area contributed by atoms with E-state index in [-0.39, 0.29) is 28.5 Å². The Morgan fingerprint density at radius 3 is 2.42 bits per heavy atom. The quantitative estimate of drug-likeness (QED) is 0.397. The third kappa shape index (κ3) is 4.55. The van der Waals surface area contributed by atoms with Gasteiger partial charge in [-0.05, 0) is 47.7 Å². The Morgan fingerprint density at radius 2 is 1.71 bits per heavy atom. The number of carbonyl (C=O) groups excluding carboxylic acids is 2. The highest BCUT2D eigenvalue weighted by atomic mass is 35.5. The smallest absolute Gasteiger partial charge is 0.417 e. The third-order valence-electron chi connectivity index (χ3n) is 4.53. The first-order chi connectivity index (χ1) is 14.7. The second-order valence-corrected chi connectivity index (χ2v) is 8.07. The maximum absolute atomic E-state index is 13.3. The van der Waals surface area contributed by atoms with Crippen LogP contribution in [-0.4, -0.2) is 16.0 Å². The van der Waals surface area contributed by atoms with E-state index in [1.54, 1.807) is 24.3 Å². The monoisotopic (exact) mass is 463 g/mol. The van der Waals surface area contributed by atoms with Crippen LogP contribution in [0.5, 0.6) is 0 Å². The second-order valence-electron chi connectivity index (χ2n) is 6.64. The van der Waals surface area contributed by atoms with Crippen LogP contribution in [0, 0.1) is 0 Å². The van der Waals surface area contributed by atoms with E-state index < -0.39 is 22.9 Å². The van der Waals surface area contributed by atoms with Gasteiger partial charge in [0.05, 0.1) is 17.0 Å². The predicted molar refractivity (Wildman–Crippen MR) is 112 cm³/mol. The number of imide groups is 1. The van der Waals surface area contributed by atoms with Crippen LogP contribution in [0.4, 0.5) is 18.0 Å². The zero-order chi connectivity index (χ0) is 22.2. The lowest BCUT2D eigenvalue weighted by Gasteiger charge is -2.12. The molecule has 1 aliphatic heterocycles. The fourth-order valence-corrected chi connectivity index (χ4v) is 4.00. The van der Waals surface area contributed by atoms with Gasteiger partial charge in [0.1, 0.15) is 11.5 Å². The molecule has 0 aliphatic carbocycles. The van der Waals surface area contributed by atoms with Crippen LogP contribution < -0.4 is 0 Å². The summed E-state index contributed by atoms with van der Waals surface area (Å²) in [5, 5.41) is 0.0962. The summed E-state index contributed by atoms with van der Waals surface area (Å²) in [6, 6.07) is 14.7. The van der Waals surface area contributed by atoms with E-state index in [0.29, 0.717) is 5.02 Å². The number of alkyl halides is 3. The van der Waals surface area contributed by atoms with Crippen LogP contribution in [0.15, 0.2) is 70.0 Å². The summed E-state index contributed by atoms with van der Waals surface area (Å²) in [6.45, 7) is 0.0849. The highest BCUT2D eigenvalue weighted by Gasteiger charge is 2.36. The molecule has 0 radical (unpaired) electrons. The molecule has 31 heavy (non-hydrogen) atoms. The Kier molecular flexibility index (Phi) is 5.68. The second kappa shape index (κ2) is 8.28. The molecule has 4 nitrogen and oxygen atoms in total. The Hall–Kier alpha value is -2.97. The molecule has 3 aromatic rings. The number of amides is 2. The van der Waals surface area contributed by atoms with Crippen molar-refractivity contribution in [3.05, 3.63) is 87.5 Å². The normalized spacial score (nSPS) is 15.9. The molecule has 1 aliphatic rings. The van der Waals surface area contributed by atoms with Gasteiger partial charge in [0.15, 0.2) is 0 Å². The first kappa shape index (κ1) is 21.3. The lowest BCUT2D eigenvalue weighted by molar-refractivity contribution is -0.137. The van der Waals surface area contributed by atoms with E-state index >= 15 is 0 Å². The topological polar surface area (TPSA) is 50.5 Å². The van der Waals surface area contributed by atoms with Gasteiger partial charge in [-0.15, -0.1) is 0 Å². The van der Waals surface area contributed by atoms with Gasteiger partial charge in [-0.3, -0.25) is 14.5 Å². The van der Waals surface area contributed by atoms with Crippen LogP contribution in [0.3, 0.4) is 0 Å². The molecule has 1 fully saturated rings. The molecule has 4 rings (SSSR count). The molecule has 0 atom stereocenters. The minimum Gasteiger partial charge on any atom is -0.457 e. The largest absolute Gasteiger partial charge is 0.457 e. The molecule has 1 saturated heterocycles. The fraction of sp³-hybridized carbons (Fsp3) is 0.0909. The summed E-state index contributed by atoms with van der Waals surface area (Å²) in [5.74, 6) is -0.317. The Balaban J connectivity index is 1.57. The van der Waals surface area contributed by atoms with Crippen LogP contribution in [-0.2, 0) is 17.5 Å². The van der Waals surface area contributed by atoms with Crippen molar-refractivity contribution in [2.45, 2.75) is 12.7 Å². The summed E-state index contributed by atoms with van der Waals surface area (Å²) < 4.78 is 45.3. The van der Waals surface area contributed by atoms with Crippen LogP contribution >= 0.6 is 23.4 Å². The molecule has 0 spiro atoms. The van der Waals surface area contributed by atoms with Gasteiger partial charge in [-0.2, -0.15) is 13.2 Å². The molecule has 158 valence electrons. The molecule has 0 unspecified atom stereocenters. The van der Waals surface area contributed by atoms with Crippen molar-refractivity contribution in [2.24, 2.45) is 0 Å². The number of rotatable bonds is 4. The van der Waals surface area contributed by atoms with Crippen LogP contribution in [0.25, 0.3) is 17.4 Å². The van der Waals surface area contributed by atoms with Crippen LogP contribution in [0.1, 0.15) is 16.9 Å². The molecule has 2 amide bonds. The predicted octanol–water partition coefficient (Wildman–Crippen LogP) is 6.86. The zero-order valence-corrected chi connectivity index (χ0v) is 17.2. The number of carbonyl (C=O) groups is 2. The average molecular weight is 464 g/mol. The molecule has 0 saturated carbocycles. The van der Waals surface area contributed by atoms with Gasteiger partial charge in [0.25, 0.3) is 11.1 Å². The van der Waals surface area contributed by atoms with Gasteiger partial charge >= 0.3 is 6.18 Å². The highest BCUT2D eigenvalue weighted by Crippen LogP contribution is 2.38. The van der Waals surface area contributed by atoms with Crippen molar-refractivity contribution in [3.63, 3.8) is 0 Å². The van der Waals surface area contributed by atoms with E-state index in [2.05, 4.69) is 0 Å². The van der Waals surface area contributed by atoms with Gasteiger partial charge in [0, 0.05) is 16.7 Å². The van der Waals surface area contributed by atoms with Gasteiger partial charge in [-0.1, -0.05) is 41.9 Å². The minimum absolute atomic E-state index is 0.0135. The lowest BCUT2D eigenvalue weighted by atomic mass is 10.1. The number of furan rings is 1. The third-order valence-corrected chi connectivity index (χ3v) is 5.68. The number of hydrogen-bond donors (Lipinski definition) is 0. The summed E-state index contributed by atoms with van der Waals surface area (Å²) in [4.78, 5) is 26.2. The summed E-state index contributed by atoms with van der Waals surface area (Å²) >= 11 is 6.59. The lowest BCUT2D eigenvalue weighted by Crippen LogP contribution is -2.27. The zero-order valence-electron chi connectivity index (χ0n) is 15.7. The number of nitrogens with zero attached hydrogens (tertiary/aromatic N) is 1. The van der Waals surface area contributed by atoms with E-state index in [9.17, 15) is 22.8 Å². The summed E-state index contributed by atoms with van der Waals surface area (Å²) in [7, 11) is 0.